The molecule has 3 heterocycles. The van der Waals surface area contributed by atoms with Gasteiger partial charge >= 0.3 is 0 Å². The third kappa shape index (κ3) is 7.15. The van der Waals surface area contributed by atoms with Crippen LogP contribution in [-0.4, -0.2) is 107 Å². The first-order valence-electron chi connectivity index (χ1n) is 18.9. The number of hydrogen-bond donors (Lipinski definition) is 9. The second-order valence-corrected chi connectivity index (χ2v) is 15.5. The number of anilines is 1. The zero-order valence-electron chi connectivity index (χ0n) is 32.2. The molecule has 2 amide bonds. The number of carbonyl (C=O) groups is 5. The molecule has 8 atom stereocenters. The number of phenols is 3. The minimum absolute atomic E-state index is 0.00588. The number of hydrogen-bond acceptors (Lipinski definition) is 15. The van der Waals surface area contributed by atoms with Gasteiger partial charge in [-0.2, -0.15) is 0 Å². The number of benzene rings is 3. The second-order valence-electron chi connectivity index (χ2n) is 15.5. The third-order valence-electron chi connectivity index (χ3n) is 11.6. The number of primary amides is 1. The molecule has 0 saturated carbocycles. The number of amides is 2. The number of nitrogens with two attached hydrogens (primary N) is 2. The summed E-state index contributed by atoms with van der Waals surface area (Å²) in [5.41, 5.74) is 10.3. The molecule has 0 radical (unpaired) electrons. The van der Waals surface area contributed by atoms with Crippen LogP contribution in [0.15, 0.2) is 60.3 Å². The van der Waals surface area contributed by atoms with Crippen LogP contribution in [0.2, 0.25) is 0 Å². The van der Waals surface area contributed by atoms with Gasteiger partial charge in [-0.1, -0.05) is 36.4 Å². The first kappa shape index (κ1) is 41.2. The van der Waals surface area contributed by atoms with Crippen molar-refractivity contribution in [1.82, 2.24) is 4.90 Å². The van der Waals surface area contributed by atoms with E-state index in [1.807, 2.05) is 0 Å². The molecule has 1 saturated heterocycles. The zero-order valence-corrected chi connectivity index (χ0v) is 32.2. The van der Waals surface area contributed by atoms with Crippen molar-refractivity contribution in [2.75, 3.05) is 5.32 Å². The molecule has 0 bridgehead atoms. The van der Waals surface area contributed by atoms with E-state index in [0.29, 0.717) is 17.6 Å². The molecule has 59 heavy (non-hydrogen) atoms. The van der Waals surface area contributed by atoms with Crippen molar-refractivity contribution in [3.05, 3.63) is 105 Å². The summed E-state index contributed by atoms with van der Waals surface area (Å²) in [7, 11) is 0. The van der Waals surface area contributed by atoms with E-state index in [1.54, 1.807) is 44.3 Å². The minimum atomic E-state index is -1.97. The highest BCUT2D eigenvalue weighted by atomic mass is 16.7. The number of ketones is 3. The Morgan fingerprint density at radius 3 is 2.24 bits per heavy atom. The van der Waals surface area contributed by atoms with E-state index in [9.17, 15) is 54.6 Å². The molecular weight excluding hydrogens is 768 g/mol. The predicted molar refractivity (Wildman–Crippen MR) is 207 cm³/mol. The van der Waals surface area contributed by atoms with Gasteiger partial charge in [0, 0.05) is 59.8 Å². The number of rotatable bonds is 5. The van der Waals surface area contributed by atoms with Crippen LogP contribution in [0.4, 0.5) is 5.69 Å². The number of nitrogens with zero attached hydrogens (tertiary/aromatic N) is 1. The summed E-state index contributed by atoms with van der Waals surface area (Å²) in [5.74, 6) is -4.01. The molecule has 1 fully saturated rings. The number of carbonyl (C=O) groups excluding carboxylic acids is 5. The van der Waals surface area contributed by atoms with Gasteiger partial charge in [0.25, 0.3) is 5.91 Å². The van der Waals surface area contributed by atoms with Crippen LogP contribution >= 0.6 is 0 Å². The fourth-order valence-electron chi connectivity index (χ4n) is 8.27. The van der Waals surface area contributed by atoms with Gasteiger partial charge in [0.15, 0.2) is 23.6 Å². The normalized spacial score (nSPS) is 28.2. The third-order valence-corrected chi connectivity index (χ3v) is 11.6. The number of aliphatic hydroxyl groups excluding tert-OH is 2. The number of Topliss-reactive ketones (excluding diaryl/α,β-unsaturated/α-hetero) is 1. The molecule has 310 valence electrons. The maximum atomic E-state index is 13.3. The van der Waals surface area contributed by atoms with Crippen molar-refractivity contribution in [3.63, 3.8) is 0 Å². The van der Waals surface area contributed by atoms with Crippen molar-refractivity contribution in [2.45, 2.75) is 95.0 Å². The number of allylic oxidation sites excluding steroid dienone is 1. The molecule has 2 aliphatic carbocycles. The highest BCUT2D eigenvalue weighted by Gasteiger charge is 2.49. The zero-order chi connectivity index (χ0) is 42.8. The standard InChI is InChI=1S/C26H27NO9.C16H17N3O4/c1-10-21(29)15(27)7-17(35-10)36-16-9-26(34,11(2)28)8-14-18(16)25(33)20-19(24(14)32)22(30)12-5-3-4-6-13(12)23(20)31;1-8-2-4-10-13(14(8)21)18-15(22)11-6-9(3-5-12(17)20)7-19(11)16(10)23/h3-6,10,15-17,21,29,32-34H,7-9,27H2,1-2H3;2-5,7,11,15,18,21-22H,6H2,1H3,(H2,17,20)/b;5-3+/t10-,15-,16-,17-,21+,26-;/m0./s1. The number of aryl methyl sites for hydroxylation is 1. The van der Waals surface area contributed by atoms with Crippen LogP contribution < -0.4 is 16.8 Å². The van der Waals surface area contributed by atoms with E-state index >= 15 is 0 Å². The van der Waals surface area contributed by atoms with Crippen molar-refractivity contribution < 1.29 is 64.1 Å². The highest BCUT2D eigenvalue weighted by Crippen LogP contribution is 2.52. The quantitative estimate of drug-likeness (QED) is 0.0786. The van der Waals surface area contributed by atoms with Gasteiger partial charge in [0.2, 0.25) is 5.91 Å². The van der Waals surface area contributed by atoms with Crippen molar-refractivity contribution in [1.29, 1.82) is 0 Å². The Hall–Kier alpha value is -5.95. The Balaban J connectivity index is 0.000000198. The van der Waals surface area contributed by atoms with Crippen molar-refractivity contribution in [2.24, 2.45) is 11.5 Å². The van der Waals surface area contributed by atoms with E-state index in [-0.39, 0.29) is 69.1 Å². The van der Waals surface area contributed by atoms with Crippen LogP contribution in [0.1, 0.15) is 98.1 Å². The maximum Gasteiger partial charge on any atom is 0.260 e. The molecule has 3 aromatic carbocycles. The number of aromatic hydroxyl groups is 3. The molecule has 3 aliphatic heterocycles. The van der Waals surface area contributed by atoms with E-state index < -0.39 is 89.7 Å². The Kier molecular flexibility index (Phi) is 10.7. The lowest BCUT2D eigenvalue weighted by Crippen LogP contribution is -2.52. The van der Waals surface area contributed by atoms with Crippen LogP contribution in [0.5, 0.6) is 17.2 Å². The Morgan fingerprint density at radius 1 is 0.983 bits per heavy atom. The molecule has 2 unspecified atom stereocenters. The van der Waals surface area contributed by atoms with Gasteiger partial charge < -0.3 is 61.8 Å². The Labute approximate surface area is 337 Å². The number of aliphatic hydroxyl groups is 3. The molecule has 8 rings (SSSR count). The molecule has 17 nitrogen and oxygen atoms in total. The summed E-state index contributed by atoms with van der Waals surface area (Å²) in [5, 5.41) is 67.1. The minimum Gasteiger partial charge on any atom is -0.507 e. The topological polar surface area (TPSA) is 292 Å². The number of fused-ring (bicyclic) bond motifs is 5. The summed E-state index contributed by atoms with van der Waals surface area (Å²) in [6, 6.07) is 8.13. The lowest BCUT2D eigenvalue weighted by molar-refractivity contribution is -0.247. The van der Waals surface area contributed by atoms with E-state index in [1.165, 1.54) is 36.1 Å². The smallest absolute Gasteiger partial charge is 0.260 e. The second kappa shape index (κ2) is 15.3. The van der Waals surface area contributed by atoms with E-state index in [0.717, 1.165) is 0 Å². The van der Waals surface area contributed by atoms with Gasteiger partial charge in [0.1, 0.15) is 29.1 Å². The average molecular weight is 813 g/mol. The van der Waals surface area contributed by atoms with Crippen molar-refractivity contribution in [3.8, 4) is 17.2 Å². The summed E-state index contributed by atoms with van der Waals surface area (Å²) in [6.07, 6.45) is -0.724. The first-order chi connectivity index (χ1) is 27.8. The van der Waals surface area contributed by atoms with Gasteiger partial charge in [-0.25, -0.2) is 0 Å². The molecular formula is C42H44N4O13. The summed E-state index contributed by atoms with van der Waals surface area (Å²) in [6.45, 7) is 4.52. The summed E-state index contributed by atoms with van der Waals surface area (Å²) < 4.78 is 11.8. The monoisotopic (exact) mass is 812 g/mol. The largest absolute Gasteiger partial charge is 0.507 e. The Morgan fingerprint density at radius 2 is 1.63 bits per heavy atom. The molecule has 3 aromatic rings. The van der Waals surface area contributed by atoms with Gasteiger partial charge in [0.05, 0.1) is 46.7 Å². The number of nitrogens with one attached hydrogen (secondary N) is 1. The van der Waals surface area contributed by atoms with E-state index in [4.69, 9.17) is 20.9 Å². The highest BCUT2D eigenvalue weighted by molar-refractivity contribution is 6.30. The molecule has 11 N–H and O–H groups in total. The lowest BCUT2D eigenvalue weighted by atomic mass is 9.72. The van der Waals surface area contributed by atoms with Gasteiger partial charge in [-0.05, 0) is 44.4 Å². The number of ether oxygens (including phenoxy) is 2. The fraction of sp³-hybridized carbons (Fsp3) is 0.357. The molecule has 5 aliphatic rings. The van der Waals surface area contributed by atoms with Crippen LogP contribution in [0.25, 0.3) is 0 Å². The molecule has 0 aromatic heterocycles. The van der Waals surface area contributed by atoms with Gasteiger partial charge in [-0.15, -0.1) is 0 Å². The SMILES string of the molecule is CC(=O)[C@]1(O)Cc2c(O)c3c(c(O)c2[C@@H](O[C@H]2C[C@H](N)[C@H](O)[C@H](C)O2)C1)C(=O)c1ccccc1C3=O.Cc1ccc2c(c1O)NC(O)C1CC(/C=C/C(N)=O)=CN1C2=O. The summed E-state index contributed by atoms with van der Waals surface area (Å²) >= 11 is 0. The van der Waals surface area contributed by atoms with Gasteiger partial charge in [-0.3, -0.25) is 24.0 Å². The fourth-order valence-corrected chi connectivity index (χ4v) is 8.27. The lowest BCUT2D eigenvalue weighted by Gasteiger charge is -2.42. The van der Waals surface area contributed by atoms with Crippen molar-refractivity contribution >= 4 is 34.9 Å². The molecule has 0 spiro atoms. The first-order valence-corrected chi connectivity index (χ1v) is 18.9. The Bertz CT molecular complexity index is 2360. The number of phenolic OH excluding ortho intramolecular Hbond substituents is 3. The van der Waals surface area contributed by atoms with Crippen LogP contribution in [0.3, 0.4) is 0 Å². The van der Waals surface area contributed by atoms with Crippen LogP contribution in [-0.2, 0) is 25.5 Å². The maximum absolute atomic E-state index is 13.3. The molecule has 17 heteroatoms. The van der Waals surface area contributed by atoms with E-state index in [2.05, 4.69) is 5.32 Å². The average Bonchev–Trinajstić information content (AvgIpc) is 3.59. The van der Waals surface area contributed by atoms with Crippen LogP contribution in [0, 0.1) is 6.92 Å². The predicted octanol–water partition coefficient (Wildman–Crippen LogP) is 1.60. The summed E-state index contributed by atoms with van der Waals surface area (Å²) in [4.78, 5) is 64.0.